The zero-order valence-corrected chi connectivity index (χ0v) is 16.3. The Morgan fingerprint density at radius 2 is 2.00 bits per heavy atom. The van der Waals surface area contributed by atoms with Crippen LogP contribution < -0.4 is 20.1 Å². The second-order valence-corrected chi connectivity index (χ2v) is 7.66. The highest BCUT2D eigenvalue weighted by atomic mass is 35.5. The van der Waals surface area contributed by atoms with Crippen molar-refractivity contribution in [3.8, 4) is 21.9 Å². The summed E-state index contributed by atoms with van der Waals surface area (Å²) in [6, 6.07) is 10.1. The molecule has 7 heteroatoms. The van der Waals surface area contributed by atoms with Crippen molar-refractivity contribution in [1.82, 2.24) is 10.6 Å². The van der Waals surface area contributed by atoms with Crippen molar-refractivity contribution < 1.29 is 14.3 Å². The molecule has 2 N–H and O–H groups in total. The molecule has 2 aliphatic rings. The quantitative estimate of drug-likeness (QED) is 0.838. The molecule has 4 rings (SSSR count). The average Bonchev–Trinajstić information content (AvgIpc) is 3.13. The Kier molecular flexibility index (Phi) is 6.06. The molecule has 2 aromatic rings. The van der Waals surface area contributed by atoms with Crippen LogP contribution in [0, 0.1) is 5.92 Å². The zero-order valence-electron chi connectivity index (χ0n) is 14.6. The van der Waals surface area contributed by atoms with Gasteiger partial charge in [0.15, 0.2) is 11.5 Å². The Morgan fingerprint density at radius 3 is 2.81 bits per heavy atom. The molecule has 3 heterocycles. The minimum atomic E-state index is 0. The first-order valence-corrected chi connectivity index (χ1v) is 9.54. The molecular formula is C19H23ClN2O3S. The van der Waals surface area contributed by atoms with Crippen molar-refractivity contribution in [2.24, 2.45) is 5.92 Å². The molecule has 5 nitrogen and oxygen atoms in total. The van der Waals surface area contributed by atoms with E-state index in [2.05, 4.69) is 17.6 Å². The fourth-order valence-electron chi connectivity index (χ4n) is 3.28. The smallest absolute Gasteiger partial charge is 0.261 e. The summed E-state index contributed by atoms with van der Waals surface area (Å²) < 4.78 is 11.2. The monoisotopic (exact) mass is 394 g/mol. The van der Waals surface area contributed by atoms with Crippen LogP contribution in [0.1, 0.15) is 23.0 Å². The van der Waals surface area contributed by atoms with Gasteiger partial charge in [0.2, 0.25) is 0 Å². The predicted octanol–water partition coefficient (Wildman–Crippen LogP) is 3.34. The van der Waals surface area contributed by atoms with Gasteiger partial charge in [-0.05, 0) is 61.3 Å². The second kappa shape index (κ2) is 8.29. The molecule has 1 saturated heterocycles. The van der Waals surface area contributed by atoms with E-state index >= 15 is 0 Å². The highest BCUT2D eigenvalue weighted by Crippen LogP contribution is 2.36. The number of fused-ring (bicyclic) bond motifs is 1. The Labute approximate surface area is 163 Å². The van der Waals surface area contributed by atoms with Crippen molar-refractivity contribution in [3.63, 3.8) is 0 Å². The molecule has 0 bridgehead atoms. The molecule has 140 valence electrons. The van der Waals surface area contributed by atoms with Gasteiger partial charge in [-0.3, -0.25) is 4.79 Å². The van der Waals surface area contributed by atoms with E-state index in [1.807, 2.05) is 30.3 Å². The maximum absolute atomic E-state index is 12.6. The number of benzene rings is 1. The van der Waals surface area contributed by atoms with Crippen LogP contribution in [0.4, 0.5) is 0 Å². The molecule has 1 aromatic carbocycles. The summed E-state index contributed by atoms with van der Waals surface area (Å²) in [6.07, 6.45) is 0.979. The summed E-state index contributed by atoms with van der Waals surface area (Å²) in [6.45, 7) is 5.25. The first-order chi connectivity index (χ1) is 12.2. The lowest BCUT2D eigenvalue weighted by Gasteiger charge is -2.30. The van der Waals surface area contributed by atoms with Gasteiger partial charge in [-0.1, -0.05) is 6.92 Å². The third-order valence-electron chi connectivity index (χ3n) is 4.76. The highest BCUT2D eigenvalue weighted by Gasteiger charge is 2.23. The summed E-state index contributed by atoms with van der Waals surface area (Å²) in [5.41, 5.74) is 1.04. The number of nitrogens with one attached hydrogen (secondary N) is 2. The van der Waals surface area contributed by atoms with E-state index in [9.17, 15) is 4.79 Å². The standard InChI is InChI=1S/C19H22N2O3S.ClH/c1-12-11-20-7-6-14(12)21-19(22)18-5-4-17(25-18)13-2-3-15-16(10-13)24-9-8-23-15;/h2-5,10,12,14,20H,6-9,11H2,1H3,(H,21,22);1H. The van der Waals surface area contributed by atoms with Crippen LogP contribution >= 0.6 is 23.7 Å². The topological polar surface area (TPSA) is 59.6 Å². The number of hydrogen-bond donors (Lipinski definition) is 2. The minimum absolute atomic E-state index is 0. The molecule has 0 saturated carbocycles. The minimum Gasteiger partial charge on any atom is -0.486 e. The Hall–Kier alpha value is -1.76. The van der Waals surface area contributed by atoms with Crippen LogP contribution in [0.15, 0.2) is 30.3 Å². The van der Waals surface area contributed by atoms with Gasteiger partial charge in [-0.25, -0.2) is 0 Å². The van der Waals surface area contributed by atoms with Gasteiger partial charge in [0, 0.05) is 10.9 Å². The van der Waals surface area contributed by atoms with Crippen molar-refractivity contribution in [3.05, 3.63) is 35.2 Å². The first-order valence-electron chi connectivity index (χ1n) is 8.72. The second-order valence-electron chi connectivity index (χ2n) is 6.57. The fourth-order valence-corrected chi connectivity index (χ4v) is 4.19. The van der Waals surface area contributed by atoms with Crippen molar-refractivity contribution in [2.75, 3.05) is 26.3 Å². The molecule has 1 aromatic heterocycles. The Bertz CT molecular complexity index is 780. The lowest BCUT2D eigenvalue weighted by atomic mass is 9.95. The fraction of sp³-hybridized carbons (Fsp3) is 0.421. The van der Waals surface area contributed by atoms with Crippen LogP contribution in [-0.2, 0) is 0 Å². The molecule has 26 heavy (non-hydrogen) atoms. The van der Waals surface area contributed by atoms with Gasteiger partial charge >= 0.3 is 0 Å². The Balaban J connectivity index is 0.00000196. The van der Waals surface area contributed by atoms with E-state index in [0.717, 1.165) is 46.3 Å². The lowest BCUT2D eigenvalue weighted by molar-refractivity contribution is 0.0918. The van der Waals surface area contributed by atoms with Gasteiger partial charge in [0.1, 0.15) is 13.2 Å². The van der Waals surface area contributed by atoms with E-state index < -0.39 is 0 Å². The van der Waals surface area contributed by atoms with Crippen molar-refractivity contribution in [1.29, 1.82) is 0 Å². The van der Waals surface area contributed by atoms with E-state index in [4.69, 9.17) is 9.47 Å². The van der Waals surface area contributed by atoms with Crippen LogP contribution in [0.5, 0.6) is 11.5 Å². The highest BCUT2D eigenvalue weighted by molar-refractivity contribution is 7.17. The van der Waals surface area contributed by atoms with E-state index in [1.54, 1.807) is 0 Å². The van der Waals surface area contributed by atoms with Crippen LogP contribution in [0.2, 0.25) is 0 Å². The van der Waals surface area contributed by atoms with Crippen LogP contribution in [0.25, 0.3) is 10.4 Å². The number of rotatable bonds is 3. The zero-order chi connectivity index (χ0) is 17.2. The van der Waals surface area contributed by atoms with E-state index in [0.29, 0.717) is 19.1 Å². The van der Waals surface area contributed by atoms with Gasteiger partial charge in [0.05, 0.1) is 4.88 Å². The SMILES string of the molecule is CC1CNCCC1NC(=O)c1ccc(-c2ccc3c(c2)OCCO3)s1.Cl. The number of hydrogen-bond acceptors (Lipinski definition) is 5. The molecule has 2 unspecified atom stereocenters. The number of carbonyl (C=O) groups is 1. The van der Waals surface area contributed by atoms with Crippen LogP contribution in [0.3, 0.4) is 0 Å². The number of ether oxygens (including phenoxy) is 2. The molecular weight excluding hydrogens is 372 g/mol. The summed E-state index contributed by atoms with van der Waals surface area (Å²) in [5, 5.41) is 6.54. The number of halogens is 1. The lowest BCUT2D eigenvalue weighted by Crippen LogP contribution is -2.48. The van der Waals surface area contributed by atoms with Gasteiger partial charge in [-0.15, -0.1) is 23.7 Å². The molecule has 0 aliphatic carbocycles. The first kappa shape index (κ1) is 19.0. The maximum atomic E-state index is 12.6. The molecule has 1 amide bonds. The van der Waals surface area contributed by atoms with E-state index in [1.165, 1.54) is 11.3 Å². The number of thiophene rings is 1. The van der Waals surface area contributed by atoms with Gasteiger partial charge in [-0.2, -0.15) is 0 Å². The van der Waals surface area contributed by atoms with Gasteiger partial charge in [0.25, 0.3) is 5.91 Å². The maximum Gasteiger partial charge on any atom is 0.261 e. The van der Waals surface area contributed by atoms with Crippen LogP contribution in [-0.4, -0.2) is 38.3 Å². The summed E-state index contributed by atoms with van der Waals surface area (Å²) in [5.74, 6) is 2.03. The summed E-state index contributed by atoms with van der Waals surface area (Å²) in [7, 11) is 0. The molecule has 0 spiro atoms. The van der Waals surface area contributed by atoms with Crippen molar-refractivity contribution in [2.45, 2.75) is 19.4 Å². The Morgan fingerprint density at radius 1 is 1.19 bits per heavy atom. The van der Waals surface area contributed by atoms with Gasteiger partial charge < -0.3 is 20.1 Å². The van der Waals surface area contributed by atoms with Crippen molar-refractivity contribution >= 4 is 29.7 Å². The third-order valence-corrected chi connectivity index (χ3v) is 5.89. The van der Waals surface area contributed by atoms with E-state index in [-0.39, 0.29) is 24.4 Å². The molecule has 1 fully saturated rings. The number of amides is 1. The predicted molar refractivity (Wildman–Crippen MR) is 106 cm³/mol. The molecule has 0 radical (unpaired) electrons. The summed E-state index contributed by atoms with van der Waals surface area (Å²) >= 11 is 1.51. The summed E-state index contributed by atoms with van der Waals surface area (Å²) in [4.78, 5) is 14.4. The molecule has 2 atom stereocenters. The normalized spacial score (nSPS) is 21.6. The average molecular weight is 395 g/mol. The largest absolute Gasteiger partial charge is 0.486 e. The third kappa shape index (κ3) is 3.98. The number of piperidine rings is 1. The number of carbonyl (C=O) groups excluding carboxylic acids is 1. The molecule has 2 aliphatic heterocycles.